The Morgan fingerprint density at radius 2 is 1.65 bits per heavy atom. The van der Waals surface area contributed by atoms with Crippen molar-refractivity contribution in [3.05, 3.63) is 108 Å². The van der Waals surface area contributed by atoms with Crippen LogP contribution in [0.25, 0.3) is 10.9 Å². The maximum absolute atomic E-state index is 14.2. The predicted octanol–water partition coefficient (Wildman–Crippen LogP) is 4.74. The van der Waals surface area contributed by atoms with E-state index in [0.717, 1.165) is 22.0 Å². The molecule has 3 N–H and O–H groups in total. The van der Waals surface area contributed by atoms with Gasteiger partial charge in [0.25, 0.3) is 0 Å². The molecule has 0 spiro atoms. The summed E-state index contributed by atoms with van der Waals surface area (Å²) in [7, 11) is -4.06. The highest BCUT2D eigenvalue weighted by Gasteiger charge is 2.40. The van der Waals surface area contributed by atoms with E-state index in [4.69, 9.17) is 5.21 Å². The molecule has 0 aliphatic carbocycles. The standard InChI is InChI=1S/C39H48N6O6S/c1-27(2)24-44(52(50,51)32-16-14-30(15-17-32)23-41-49)26-36(46)35(22-29-10-6-5-7-11-29)42-38(47)37(28(3)4)45-21-20-43(39(45)48)25-31-18-19-40-34-13-9-8-12-33(31)34/h5-19,23,27-28,35-37,46,49H,20-22,24-26H2,1-4H3,(H,42,47)/t35-,36+,37-/m0/s1. The summed E-state index contributed by atoms with van der Waals surface area (Å²) in [6.07, 6.45) is 1.87. The van der Waals surface area contributed by atoms with E-state index in [1.54, 1.807) is 16.0 Å². The fraction of sp³-hybridized carbons (Fsp3) is 0.385. The van der Waals surface area contributed by atoms with Crippen LogP contribution in [0.4, 0.5) is 4.79 Å². The number of nitrogens with zero attached hydrogens (tertiary/aromatic N) is 5. The van der Waals surface area contributed by atoms with Crippen molar-refractivity contribution < 1.29 is 28.3 Å². The highest BCUT2D eigenvalue weighted by atomic mass is 32.2. The molecule has 0 radical (unpaired) electrons. The van der Waals surface area contributed by atoms with Crippen LogP contribution >= 0.6 is 0 Å². The number of carbonyl (C=O) groups excluding carboxylic acids is 2. The van der Waals surface area contributed by atoms with E-state index >= 15 is 0 Å². The van der Waals surface area contributed by atoms with Crippen molar-refractivity contribution in [2.45, 2.75) is 63.7 Å². The van der Waals surface area contributed by atoms with Gasteiger partial charge in [0.05, 0.1) is 28.8 Å². The first-order valence-electron chi connectivity index (χ1n) is 17.6. The van der Waals surface area contributed by atoms with Crippen molar-refractivity contribution in [3.8, 4) is 0 Å². The first kappa shape index (κ1) is 38.4. The van der Waals surface area contributed by atoms with Crippen LogP contribution in [0.5, 0.6) is 0 Å². The van der Waals surface area contributed by atoms with Crippen molar-refractivity contribution in [2.24, 2.45) is 17.0 Å². The van der Waals surface area contributed by atoms with Crippen LogP contribution in [-0.4, -0.2) is 100 Å². The highest BCUT2D eigenvalue weighted by molar-refractivity contribution is 7.89. The Labute approximate surface area is 305 Å². The minimum atomic E-state index is -4.06. The number of hydrogen-bond acceptors (Lipinski definition) is 8. The smallest absolute Gasteiger partial charge is 0.321 e. The fourth-order valence-corrected chi connectivity index (χ4v) is 8.31. The SMILES string of the molecule is CC(C)CN(C[C@@H](O)[C@H](Cc1ccccc1)NC(=O)[C@H](C(C)C)N1CCN(Cc2ccnc3ccccc23)C1=O)S(=O)(=O)c1ccc(C=NO)cc1. The summed E-state index contributed by atoms with van der Waals surface area (Å²) < 4.78 is 29.1. The largest absolute Gasteiger partial charge is 0.411 e. The Bertz CT molecular complexity index is 1950. The molecule has 0 unspecified atom stereocenters. The third kappa shape index (κ3) is 9.14. The second kappa shape index (κ2) is 17.1. The number of hydrogen-bond donors (Lipinski definition) is 3. The zero-order valence-electron chi connectivity index (χ0n) is 30.0. The number of carbonyl (C=O) groups is 2. The minimum Gasteiger partial charge on any atom is -0.411 e. The van der Waals surface area contributed by atoms with Crippen LogP contribution in [0, 0.1) is 11.8 Å². The molecule has 5 rings (SSSR count). The fourth-order valence-electron chi connectivity index (χ4n) is 6.68. The van der Waals surface area contributed by atoms with Gasteiger partial charge in [-0.2, -0.15) is 4.31 Å². The number of nitrogens with one attached hydrogen (secondary N) is 1. The third-order valence-corrected chi connectivity index (χ3v) is 11.1. The number of pyridine rings is 1. The van der Waals surface area contributed by atoms with E-state index in [1.165, 1.54) is 34.8 Å². The van der Waals surface area contributed by atoms with Gasteiger partial charge in [-0.15, -0.1) is 0 Å². The summed E-state index contributed by atoms with van der Waals surface area (Å²) in [6, 6.07) is 23.0. The summed E-state index contributed by atoms with van der Waals surface area (Å²) in [5.41, 5.74) is 3.18. The number of rotatable bonds is 16. The normalized spacial score (nSPS) is 15.7. The van der Waals surface area contributed by atoms with E-state index in [2.05, 4.69) is 15.5 Å². The zero-order chi connectivity index (χ0) is 37.4. The summed E-state index contributed by atoms with van der Waals surface area (Å²) in [6.45, 7) is 8.57. The summed E-state index contributed by atoms with van der Waals surface area (Å²) in [5, 5.41) is 27.6. The molecule has 1 fully saturated rings. The van der Waals surface area contributed by atoms with Crippen LogP contribution in [0.2, 0.25) is 0 Å². The second-order valence-corrected chi connectivity index (χ2v) is 15.9. The average Bonchev–Trinajstić information content (AvgIpc) is 3.46. The van der Waals surface area contributed by atoms with Gasteiger partial charge in [0.1, 0.15) is 6.04 Å². The van der Waals surface area contributed by atoms with E-state index in [9.17, 15) is 23.1 Å². The number of sulfonamides is 1. The lowest BCUT2D eigenvalue weighted by atomic mass is 9.97. The molecule has 0 bridgehead atoms. The van der Waals surface area contributed by atoms with Gasteiger partial charge in [-0.05, 0) is 59.2 Å². The Hall–Kier alpha value is -4.85. The molecule has 12 nitrogen and oxygen atoms in total. The number of para-hydroxylation sites is 1. The van der Waals surface area contributed by atoms with Crippen LogP contribution in [-0.2, 0) is 27.8 Å². The van der Waals surface area contributed by atoms with Crippen LogP contribution in [0.15, 0.2) is 101 Å². The van der Waals surface area contributed by atoms with Crippen molar-refractivity contribution in [2.75, 3.05) is 26.2 Å². The van der Waals surface area contributed by atoms with Crippen LogP contribution < -0.4 is 5.32 Å². The number of fused-ring (bicyclic) bond motifs is 1. The van der Waals surface area contributed by atoms with E-state index in [1.807, 2.05) is 88.4 Å². The molecule has 4 aromatic rings. The third-order valence-electron chi connectivity index (χ3n) is 9.24. The van der Waals surface area contributed by atoms with E-state index in [0.29, 0.717) is 25.2 Å². The van der Waals surface area contributed by atoms with Crippen LogP contribution in [0.3, 0.4) is 0 Å². The maximum Gasteiger partial charge on any atom is 0.321 e. The van der Waals surface area contributed by atoms with E-state index in [-0.39, 0.29) is 42.3 Å². The Balaban J connectivity index is 1.37. The summed E-state index contributed by atoms with van der Waals surface area (Å²) in [5.74, 6) is -0.736. The van der Waals surface area contributed by atoms with Crippen molar-refractivity contribution in [1.82, 2.24) is 24.4 Å². The molecular formula is C39H48N6O6S. The molecule has 13 heteroatoms. The van der Waals surface area contributed by atoms with Gasteiger partial charge in [0, 0.05) is 44.3 Å². The number of amides is 3. The molecule has 1 aromatic heterocycles. The lowest BCUT2D eigenvalue weighted by Gasteiger charge is -2.34. The van der Waals surface area contributed by atoms with Gasteiger partial charge < -0.3 is 25.4 Å². The molecule has 52 heavy (non-hydrogen) atoms. The summed E-state index contributed by atoms with van der Waals surface area (Å²) in [4.78, 5) is 35.9. The Morgan fingerprint density at radius 1 is 0.962 bits per heavy atom. The number of aliphatic hydroxyl groups is 1. The van der Waals surface area contributed by atoms with Crippen molar-refractivity contribution in [3.63, 3.8) is 0 Å². The van der Waals surface area contributed by atoms with Crippen molar-refractivity contribution >= 4 is 39.1 Å². The maximum atomic E-state index is 14.2. The number of urea groups is 1. The number of aromatic nitrogens is 1. The quantitative estimate of drug-likeness (QED) is 0.0855. The lowest BCUT2D eigenvalue weighted by molar-refractivity contribution is -0.128. The summed E-state index contributed by atoms with van der Waals surface area (Å²) >= 11 is 0. The zero-order valence-corrected chi connectivity index (χ0v) is 30.9. The number of aliphatic hydroxyl groups excluding tert-OH is 1. The topological polar surface area (TPSA) is 156 Å². The minimum absolute atomic E-state index is 0.0239. The van der Waals surface area contributed by atoms with Crippen molar-refractivity contribution in [1.29, 1.82) is 0 Å². The van der Waals surface area contributed by atoms with Gasteiger partial charge in [-0.3, -0.25) is 9.78 Å². The van der Waals surface area contributed by atoms with Gasteiger partial charge >= 0.3 is 6.03 Å². The number of benzene rings is 3. The molecule has 3 atom stereocenters. The van der Waals surface area contributed by atoms with Gasteiger partial charge in [0.2, 0.25) is 15.9 Å². The lowest BCUT2D eigenvalue weighted by Crippen LogP contribution is -2.57. The first-order chi connectivity index (χ1) is 24.9. The van der Waals surface area contributed by atoms with Gasteiger partial charge in [-0.25, -0.2) is 13.2 Å². The molecular weight excluding hydrogens is 681 g/mol. The molecule has 0 saturated carbocycles. The van der Waals surface area contributed by atoms with E-state index < -0.39 is 34.1 Å². The highest BCUT2D eigenvalue weighted by Crippen LogP contribution is 2.25. The molecule has 1 aliphatic heterocycles. The molecule has 3 aromatic carbocycles. The van der Waals surface area contributed by atoms with Gasteiger partial charge in [0.15, 0.2) is 0 Å². The molecule has 2 heterocycles. The van der Waals surface area contributed by atoms with Crippen LogP contribution in [0.1, 0.15) is 44.4 Å². The molecule has 1 saturated heterocycles. The average molecular weight is 729 g/mol. The van der Waals surface area contributed by atoms with Gasteiger partial charge in [-0.1, -0.05) is 93.5 Å². The number of oxime groups is 1. The molecule has 276 valence electrons. The Morgan fingerprint density at radius 3 is 2.33 bits per heavy atom. The Kier molecular flexibility index (Phi) is 12.6. The molecule has 3 amide bonds. The monoisotopic (exact) mass is 728 g/mol. The first-order valence-corrected chi connectivity index (χ1v) is 19.0. The predicted molar refractivity (Wildman–Crippen MR) is 200 cm³/mol. The molecule has 1 aliphatic rings. The second-order valence-electron chi connectivity index (χ2n) is 14.0.